The Morgan fingerprint density at radius 2 is 1.41 bits per heavy atom. The highest BCUT2D eigenvalue weighted by molar-refractivity contribution is 6.19. The van der Waals surface area contributed by atoms with Gasteiger partial charge in [0.25, 0.3) is 0 Å². The number of carbonyl (C=O) groups is 2. The predicted molar refractivity (Wildman–Crippen MR) is 139 cm³/mol. The van der Waals surface area contributed by atoms with Crippen LogP contribution in [0.4, 0.5) is 26.3 Å². The maximum atomic E-state index is 14.0. The third-order valence-corrected chi connectivity index (χ3v) is 7.33. The molecule has 0 aromatic heterocycles. The van der Waals surface area contributed by atoms with Crippen LogP contribution in [-0.2, 0) is 29.2 Å². The van der Waals surface area contributed by atoms with Crippen LogP contribution < -0.4 is 10.5 Å². The number of likely N-dealkylation sites (tertiary alicyclic amines) is 1. The smallest absolute Gasteiger partial charge is 0.416 e. The lowest BCUT2D eigenvalue weighted by molar-refractivity contribution is -0.143. The number of nitrogens with zero attached hydrogens (tertiary/aromatic N) is 1. The molecule has 1 saturated heterocycles. The normalized spacial score (nSPS) is 16.7. The van der Waals surface area contributed by atoms with Crippen molar-refractivity contribution in [2.24, 2.45) is 11.7 Å². The standard InChI is InChI=1S/C30H28F6N2O3/c1-41-25-9-5-8-22(17-25)28(37,26(39)20-10-12-38(13-11-20)18-19-6-3-2-4-7-19)27(40)21-14-23(29(31,32)33)16-24(15-21)30(34,35)36/h2-9,14-17,20H,10-13,18,37H2,1H3. The molecule has 5 nitrogen and oxygen atoms in total. The number of rotatable bonds is 8. The van der Waals surface area contributed by atoms with Gasteiger partial charge in [0.2, 0.25) is 0 Å². The number of hydrogen-bond acceptors (Lipinski definition) is 5. The third kappa shape index (κ3) is 6.62. The van der Waals surface area contributed by atoms with Crippen molar-refractivity contribution in [1.82, 2.24) is 4.90 Å². The Hall–Kier alpha value is -3.70. The number of alkyl halides is 6. The second kappa shape index (κ2) is 11.7. The number of piperidine rings is 1. The molecule has 1 aliphatic rings. The fourth-order valence-corrected chi connectivity index (χ4v) is 5.08. The number of ether oxygens (including phenoxy) is 1. The summed E-state index contributed by atoms with van der Waals surface area (Å²) in [6, 6.07) is 15.7. The van der Waals surface area contributed by atoms with Crippen LogP contribution in [0, 0.1) is 5.92 Å². The SMILES string of the molecule is COc1cccc(C(N)(C(=O)c2cc(C(F)(F)F)cc(C(F)(F)F)c2)C(=O)C2CCN(Cc3ccccc3)CC2)c1. The van der Waals surface area contributed by atoms with Gasteiger partial charge in [0.1, 0.15) is 5.75 Å². The molecule has 1 fully saturated rings. The Kier molecular flexibility index (Phi) is 8.60. The van der Waals surface area contributed by atoms with Gasteiger partial charge in [-0.2, -0.15) is 26.3 Å². The fourth-order valence-electron chi connectivity index (χ4n) is 5.08. The second-order valence-electron chi connectivity index (χ2n) is 10.1. The molecule has 1 unspecified atom stereocenters. The highest BCUT2D eigenvalue weighted by atomic mass is 19.4. The van der Waals surface area contributed by atoms with E-state index in [1.165, 1.54) is 31.4 Å². The quantitative estimate of drug-likeness (QED) is 0.194. The largest absolute Gasteiger partial charge is 0.497 e. The van der Waals surface area contributed by atoms with E-state index in [1.807, 2.05) is 30.3 Å². The molecular weight excluding hydrogens is 550 g/mol. The maximum absolute atomic E-state index is 14.0. The van der Waals surface area contributed by atoms with E-state index < -0.39 is 52.1 Å². The van der Waals surface area contributed by atoms with Crippen LogP contribution in [0.5, 0.6) is 5.75 Å². The third-order valence-electron chi connectivity index (χ3n) is 7.33. The molecule has 3 aromatic carbocycles. The van der Waals surface area contributed by atoms with Crippen molar-refractivity contribution in [3.8, 4) is 5.75 Å². The summed E-state index contributed by atoms with van der Waals surface area (Å²) in [5.74, 6) is -2.69. The first-order chi connectivity index (χ1) is 19.2. The summed E-state index contributed by atoms with van der Waals surface area (Å²) in [6.07, 6.45) is -9.76. The van der Waals surface area contributed by atoms with E-state index in [9.17, 15) is 35.9 Å². The minimum absolute atomic E-state index is 0.0786. The van der Waals surface area contributed by atoms with Gasteiger partial charge in [-0.1, -0.05) is 42.5 Å². The van der Waals surface area contributed by atoms with Crippen molar-refractivity contribution in [2.45, 2.75) is 37.3 Å². The van der Waals surface area contributed by atoms with Crippen molar-refractivity contribution in [1.29, 1.82) is 0 Å². The minimum atomic E-state index is -5.18. The van der Waals surface area contributed by atoms with Gasteiger partial charge in [0.05, 0.1) is 18.2 Å². The van der Waals surface area contributed by atoms with Crippen LogP contribution in [0.1, 0.15) is 45.5 Å². The molecule has 0 bridgehead atoms. The molecule has 2 N–H and O–H groups in total. The van der Waals surface area contributed by atoms with Crippen LogP contribution >= 0.6 is 0 Å². The number of ketones is 2. The van der Waals surface area contributed by atoms with E-state index in [2.05, 4.69) is 4.90 Å². The Balaban J connectivity index is 1.72. The summed E-state index contributed by atoms with van der Waals surface area (Å²) in [7, 11) is 1.33. The highest BCUT2D eigenvalue weighted by Gasteiger charge is 2.48. The molecule has 1 heterocycles. The van der Waals surface area contributed by atoms with Gasteiger partial charge in [-0.15, -0.1) is 0 Å². The van der Waals surface area contributed by atoms with E-state index >= 15 is 0 Å². The van der Waals surface area contributed by atoms with Gasteiger partial charge in [-0.25, -0.2) is 0 Å². The van der Waals surface area contributed by atoms with Crippen molar-refractivity contribution in [2.75, 3.05) is 20.2 Å². The molecule has 1 aliphatic heterocycles. The van der Waals surface area contributed by atoms with Crippen LogP contribution in [-0.4, -0.2) is 36.7 Å². The van der Waals surface area contributed by atoms with Crippen molar-refractivity contribution < 1.29 is 40.7 Å². The molecule has 0 saturated carbocycles. The number of Topliss-reactive ketones (excluding diaryl/α,β-unsaturated/α-hetero) is 2. The molecule has 218 valence electrons. The number of nitrogens with two attached hydrogens (primary N) is 1. The maximum Gasteiger partial charge on any atom is 0.416 e. The minimum Gasteiger partial charge on any atom is -0.497 e. The van der Waals surface area contributed by atoms with Gasteiger partial charge < -0.3 is 10.5 Å². The number of hydrogen-bond donors (Lipinski definition) is 1. The molecule has 4 rings (SSSR count). The van der Waals surface area contributed by atoms with Crippen LogP contribution in [0.3, 0.4) is 0 Å². The second-order valence-corrected chi connectivity index (χ2v) is 10.1. The predicted octanol–water partition coefficient (Wildman–Crippen LogP) is 6.25. The zero-order valence-electron chi connectivity index (χ0n) is 22.1. The summed E-state index contributed by atoms with van der Waals surface area (Å²) >= 11 is 0. The number of benzene rings is 3. The average Bonchev–Trinajstić information content (AvgIpc) is 2.95. The molecule has 0 radical (unpaired) electrons. The van der Waals surface area contributed by atoms with Gasteiger partial charge in [-0.05, 0) is 67.4 Å². The number of halogens is 6. The van der Waals surface area contributed by atoms with Gasteiger partial charge >= 0.3 is 12.4 Å². The van der Waals surface area contributed by atoms with Crippen molar-refractivity contribution in [3.05, 3.63) is 101 Å². The summed E-state index contributed by atoms with van der Waals surface area (Å²) in [5, 5.41) is 0. The number of methoxy groups -OCH3 is 1. The fraction of sp³-hybridized carbons (Fsp3) is 0.333. The molecule has 3 aromatic rings. The lowest BCUT2D eigenvalue weighted by Crippen LogP contribution is -2.55. The molecule has 41 heavy (non-hydrogen) atoms. The van der Waals surface area contributed by atoms with E-state index in [0.29, 0.717) is 44.6 Å². The van der Waals surface area contributed by atoms with E-state index in [0.717, 1.165) is 5.56 Å². The Labute approximate surface area is 232 Å². The average molecular weight is 579 g/mol. The lowest BCUT2D eigenvalue weighted by atomic mass is 9.73. The van der Waals surface area contributed by atoms with Crippen LogP contribution in [0.25, 0.3) is 0 Å². The Morgan fingerprint density at radius 3 is 1.95 bits per heavy atom. The summed E-state index contributed by atoms with van der Waals surface area (Å²) in [5.41, 5.74) is 0.639. The summed E-state index contributed by atoms with van der Waals surface area (Å²) < 4.78 is 86.5. The molecule has 1 atom stereocenters. The first-order valence-electron chi connectivity index (χ1n) is 12.8. The van der Waals surface area contributed by atoms with E-state index in [1.54, 1.807) is 0 Å². The van der Waals surface area contributed by atoms with Crippen LogP contribution in [0.15, 0.2) is 72.8 Å². The van der Waals surface area contributed by atoms with Gasteiger partial charge in [-0.3, -0.25) is 14.5 Å². The Bertz CT molecular complexity index is 1370. The van der Waals surface area contributed by atoms with Crippen molar-refractivity contribution in [3.63, 3.8) is 0 Å². The first-order valence-corrected chi connectivity index (χ1v) is 12.8. The molecule has 0 spiro atoms. The summed E-state index contributed by atoms with van der Waals surface area (Å²) in [4.78, 5) is 30.0. The molecule has 11 heteroatoms. The monoisotopic (exact) mass is 578 g/mol. The molecular formula is C30H28F6N2O3. The zero-order valence-corrected chi connectivity index (χ0v) is 22.1. The zero-order chi connectivity index (χ0) is 30.0. The first kappa shape index (κ1) is 30.3. The lowest BCUT2D eigenvalue weighted by Gasteiger charge is -2.36. The van der Waals surface area contributed by atoms with E-state index in [4.69, 9.17) is 10.5 Å². The van der Waals surface area contributed by atoms with Gasteiger partial charge in [0, 0.05) is 18.0 Å². The topological polar surface area (TPSA) is 72.6 Å². The van der Waals surface area contributed by atoms with Gasteiger partial charge in [0.15, 0.2) is 17.1 Å². The Morgan fingerprint density at radius 1 is 0.829 bits per heavy atom. The van der Waals surface area contributed by atoms with Crippen molar-refractivity contribution >= 4 is 11.6 Å². The summed E-state index contributed by atoms with van der Waals surface area (Å²) in [6.45, 7) is 1.60. The van der Waals surface area contributed by atoms with Crippen LogP contribution in [0.2, 0.25) is 0 Å². The number of carbonyl (C=O) groups excluding carboxylic acids is 2. The van der Waals surface area contributed by atoms with E-state index in [-0.39, 0.29) is 17.4 Å². The highest BCUT2D eigenvalue weighted by Crippen LogP contribution is 2.39. The molecule has 0 aliphatic carbocycles. The molecule has 0 amide bonds.